The number of hydrogen-bond donors (Lipinski definition) is 6. The number of methoxy groups -OCH3 is 1. The van der Waals surface area contributed by atoms with Gasteiger partial charge in [-0.3, -0.25) is 13.9 Å². The molecule has 5 rings (SSSR count). The molecule has 1 atom stereocenters. The molecule has 1 aliphatic heterocycles. The number of aliphatic hydroxyl groups is 1. The average molecular weight is 716 g/mol. The quantitative estimate of drug-likeness (QED) is 0.139. The van der Waals surface area contributed by atoms with Gasteiger partial charge in [-0.2, -0.15) is 0 Å². The third kappa shape index (κ3) is 6.54. The summed E-state index contributed by atoms with van der Waals surface area (Å²) in [7, 11) is -9.91. The zero-order valence-corrected chi connectivity index (χ0v) is 27.6. The van der Waals surface area contributed by atoms with E-state index in [1.54, 1.807) is 14.4 Å². The number of halogens is 1. The second kappa shape index (κ2) is 12.6. The summed E-state index contributed by atoms with van der Waals surface area (Å²) in [6, 6.07) is 5.92. The highest BCUT2D eigenvalue weighted by atomic mass is 32.1. The minimum absolute atomic E-state index is 0.0112. The summed E-state index contributed by atoms with van der Waals surface area (Å²) in [5, 5.41) is 16.1. The van der Waals surface area contributed by atoms with Gasteiger partial charge in [-0.25, -0.2) is 9.18 Å². The molecular weight excluding hydrogens is 683 g/mol. The van der Waals surface area contributed by atoms with Crippen molar-refractivity contribution in [2.75, 3.05) is 31.6 Å². The average Bonchev–Trinajstić information content (AvgIpc) is 3.82. The highest BCUT2D eigenvalue weighted by molar-refractivity contribution is 7.80. The van der Waals surface area contributed by atoms with Gasteiger partial charge in [-0.05, 0) is 55.7 Å². The normalized spacial score (nSPS) is 17.6. The minimum atomic E-state index is -5.63. The molecule has 0 spiro atoms. The largest absolute Gasteiger partial charge is 0.492 e. The number of ether oxygens (including phenoxy) is 2. The van der Waals surface area contributed by atoms with Crippen LogP contribution in [0.4, 0.5) is 10.1 Å². The number of pyridine rings is 1. The Morgan fingerprint density at radius 3 is 2.23 bits per heavy atom. The molecule has 254 valence electrons. The van der Waals surface area contributed by atoms with Crippen LogP contribution in [0.25, 0.3) is 10.9 Å². The number of aromatic carboxylic acids is 1. The summed E-state index contributed by atoms with van der Waals surface area (Å²) < 4.78 is 52.3. The van der Waals surface area contributed by atoms with Crippen LogP contribution in [0.3, 0.4) is 0 Å². The maximum absolute atomic E-state index is 15.8. The van der Waals surface area contributed by atoms with E-state index in [4.69, 9.17) is 21.7 Å². The van der Waals surface area contributed by atoms with E-state index in [1.807, 2.05) is 6.92 Å². The van der Waals surface area contributed by atoms with E-state index in [9.17, 15) is 48.5 Å². The highest BCUT2D eigenvalue weighted by Crippen LogP contribution is 2.68. The van der Waals surface area contributed by atoms with Crippen molar-refractivity contribution in [1.82, 2.24) is 9.47 Å². The molecule has 0 bridgehead atoms. The Labute approximate surface area is 272 Å². The van der Waals surface area contributed by atoms with Crippen molar-refractivity contribution in [2.24, 2.45) is 0 Å². The van der Waals surface area contributed by atoms with E-state index in [0.717, 1.165) is 18.9 Å². The first-order chi connectivity index (χ1) is 21.9. The first-order valence-electron chi connectivity index (χ1n) is 14.2. The van der Waals surface area contributed by atoms with Gasteiger partial charge in [0.1, 0.15) is 17.0 Å². The summed E-state index contributed by atoms with van der Waals surface area (Å²) in [5.41, 5.74) is -0.804. The topological polar surface area (TPSA) is 220 Å². The lowest BCUT2D eigenvalue weighted by atomic mass is 10.1. The molecule has 1 aliphatic carbocycles. The maximum atomic E-state index is 15.8. The van der Waals surface area contributed by atoms with Crippen molar-refractivity contribution in [1.29, 1.82) is 0 Å². The number of fused-ring (bicyclic) bond motifs is 1. The highest BCUT2D eigenvalue weighted by Gasteiger charge is 2.59. The Kier molecular flexibility index (Phi) is 9.34. The first kappa shape index (κ1) is 34.9. The molecule has 1 saturated heterocycles. The summed E-state index contributed by atoms with van der Waals surface area (Å²) in [6.45, 7) is 2.63. The Bertz CT molecular complexity index is 1890. The summed E-state index contributed by atoms with van der Waals surface area (Å²) in [5.74, 6) is -1.84. The van der Waals surface area contributed by atoms with Gasteiger partial charge in [0.2, 0.25) is 5.43 Å². The van der Waals surface area contributed by atoms with Crippen LogP contribution >= 0.6 is 27.4 Å². The number of aromatic nitrogens is 1. The van der Waals surface area contributed by atoms with Gasteiger partial charge in [-0.1, -0.05) is 12.1 Å². The fourth-order valence-electron chi connectivity index (χ4n) is 5.64. The lowest BCUT2D eigenvalue weighted by Gasteiger charge is -2.42. The molecule has 3 aromatic rings. The van der Waals surface area contributed by atoms with Gasteiger partial charge in [0, 0.05) is 44.3 Å². The number of piperazine rings is 1. The van der Waals surface area contributed by atoms with Crippen molar-refractivity contribution in [3.63, 3.8) is 0 Å². The van der Waals surface area contributed by atoms with E-state index in [2.05, 4.69) is 0 Å². The molecule has 19 heteroatoms. The van der Waals surface area contributed by atoms with Gasteiger partial charge >= 0.3 is 21.2 Å². The predicted octanol–water partition coefficient (Wildman–Crippen LogP) is 2.60. The van der Waals surface area contributed by atoms with Crippen molar-refractivity contribution < 1.29 is 57.6 Å². The summed E-state index contributed by atoms with van der Waals surface area (Å²) in [4.78, 5) is 65.8. The number of carboxylic acids is 1. The molecule has 47 heavy (non-hydrogen) atoms. The number of carbonyl (C=O) groups is 1. The zero-order valence-electron chi connectivity index (χ0n) is 25.0. The molecule has 1 unspecified atom stereocenters. The first-order valence-corrected chi connectivity index (χ1v) is 17.9. The van der Waals surface area contributed by atoms with Crippen molar-refractivity contribution in [3.8, 4) is 11.5 Å². The van der Waals surface area contributed by atoms with Gasteiger partial charge in [0.15, 0.2) is 11.6 Å². The molecule has 6 N–H and O–H groups in total. The van der Waals surface area contributed by atoms with Crippen LogP contribution in [-0.4, -0.2) is 88.3 Å². The number of anilines is 1. The molecule has 1 saturated carbocycles. The van der Waals surface area contributed by atoms with Crippen molar-refractivity contribution >= 4 is 55.1 Å². The molecule has 2 fully saturated rings. The summed E-state index contributed by atoms with van der Waals surface area (Å²) in [6.07, 6.45) is 1.79. The number of rotatable bonds is 9. The Hall–Kier alpha value is -3.40. The van der Waals surface area contributed by atoms with Crippen LogP contribution in [0.15, 0.2) is 41.3 Å². The lowest BCUT2D eigenvalue weighted by Crippen LogP contribution is -2.55. The molecular formula is C28H32FN3O12P2S. The Balaban J connectivity index is 1.34. The van der Waals surface area contributed by atoms with Crippen LogP contribution in [-0.2, 0) is 15.6 Å². The van der Waals surface area contributed by atoms with Crippen LogP contribution in [0.1, 0.15) is 41.7 Å². The molecule has 0 radical (unpaired) electrons. The van der Waals surface area contributed by atoms with Gasteiger partial charge in [0.25, 0.3) is 10.3 Å². The van der Waals surface area contributed by atoms with Gasteiger partial charge < -0.3 is 53.6 Å². The Morgan fingerprint density at radius 2 is 1.72 bits per heavy atom. The number of carboxylic acid groups (broad SMARTS) is 1. The smallest absolute Gasteiger partial charge is 0.369 e. The van der Waals surface area contributed by atoms with Crippen LogP contribution in [0.5, 0.6) is 11.5 Å². The van der Waals surface area contributed by atoms with E-state index < -0.39 is 49.5 Å². The molecule has 1 aromatic heterocycles. The van der Waals surface area contributed by atoms with E-state index in [-0.39, 0.29) is 65.0 Å². The second-order valence-corrected chi connectivity index (χ2v) is 15.8. The lowest BCUT2D eigenvalue weighted by molar-refractivity contribution is 0.0694. The zero-order chi connectivity index (χ0) is 34.6. The molecule has 15 nitrogen and oxygen atoms in total. The second-order valence-electron chi connectivity index (χ2n) is 11.5. The monoisotopic (exact) mass is 715 g/mol. The Morgan fingerprint density at radius 1 is 1.11 bits per heavy atom. The van der Waals surface area contributed by atoms with E-state index in [1.165, 1.54) is 37.6 Å². The fraction of sp³-hybridized carbons (Fsp3) is 0.393. The summed E-state index contributed by atoms with van der Waals surface area (Å²) >= 11 is 5.50. The van der Waals surface area contributed by atoms with Gasteiger partial charge in [-0.15, -0.1) is 0 Å². The third-order valence-corrected chi connectivity index (χ3v) is 12.3. The third-order valence-electron chi connectivity index (χ3n) is 8.25. The molecule has 2 aromatic carbocycles. The number of nitrogens with zero attached hydrogens (tertiary/aromatic N) is 3. The standard InChI is InChI=1S/C28H32FN3O12P2S/c1-15-13-30(23-21(29)11-19-22(25(23)43-2)32(17-5-6-17)14-20(24(19)33)26(34)35)9-10-31(15)27(47)44-18-7-3-16(4-8-18)12-28(36,45(37,38)39)46(40,41)42/h3-4,7-8,11,14-15,17,36H,5-6,9-10,12-13H2,1-2H3,(H,34,35)(H2,37,38,39)(H2,40,41,42). The number of benzene rings is 2. The number of hydrogen-bond acceptors (Lipinski definition) is 9. The number of thiocarbonyl (C=S) groups is 1. The van der Waals surface area contributed by atoms with Gasteiger partial charge in [0.05, 0.1) is 18.0 Å². The van der Waals surface area contributed by atoms with Crippen molar-refractivity contribution in [3.05, 3.63) is 63.7 Å². The van der Waals surface area contributed by atoms with E-state index >= 15 is 4.39 Å². The molecule has 2 heterocycles. The van der Waals surface area contributed by atoms with Crippen LogP contribution in [0, 0.1) is 5.82 Å². The van der Waals surface area contributed by atoms with Crippen molar-refractivity contribution in [2.45, 2.75) is 43.4 Å². The van der Waals surface area contributed by atoms with E-state index in [0.29, 0.717) is 5.52 Å². The maximum Gasteiger partial charge on any atom is 0.369 e. The minimum Gasteiger partial charge on any atom is -0.492 e. The molecule has 2 aliphatic rings. The SMILES string of the molecule is COc1c(N2CCN(C(=S)Oc3ccc(CC(O)(P(=O)(O)O)P(=O)(O)O)cc3)C(C)C2)c(F)cc2c(=O)c(C(=O)O)cn(C3CC3)c12. The molecule has 0 amide bonds. The van der Waals surface area contributed by atoms with Crippen LogP contribution < -0.4 is 19.8 Å². The van der Waals surface area contributed by atoms with Crippen LogP contribution in [0.2, 0.25) is 0 Å². The fourth-order valence-corrected chi connectivity index (χ4v) is 8.14. The predicted molar refractivity (Wildman–Crippen MR) is 171 cm³/mol.